The molecule has 3 rings (SSSR count). The summed E-state index contributed by atoms with van der Waals surface area (Å²) in [5.74, 6) is 0.125. The summed E-state index contributed by atoms with van der Waals surface area (Å²) in [6.45, 7) is 2.31. The molecule has 0 radical (unpaired) electrons. The summed E-state index contributed by atoms with van der Waals surface area (Å²) in [7, 11) is 0. The largest absolute Gasteiger partial charge is 0.469 e. The fourth-order valence-electron chi connectivity index (χ4n) is 2.41. The maximum absolute atomic E-state index is 12.3. The fraction of sp³-hybridized carbons (Fsp3) is 0.100. The number of hydrogen-bond donors (Lipinski definition) is 0. The van der Waals surface area contributed by atoms with Crippen LogP contribution in [0, 0.1) is 18.3 Å². The van der Waals surface area contributed by atoms with E-state index in [-0.39, 0.29) is 11.4 Å². The minimum atomic E-state index is -0.365. The smallest absolute Gasteiger partial charge is 0.207 e. The Kier molecular flexibility index (Phi) is 5.20. The molecule has 3 aromatic rings. The van der Waals surface area contributed by atoms with Crippen LogP contribution in [0.1, 0.15) is 27.4 Å². The monoisotopic (exact) mass is 344 g/mol. The maximum Gasteiger partial charge on any atom is 0.207 e. The molecular weight excluding hydrogens is 328 g/mol. The van der Waals surface area contributed by atoms with E-state index < -0.39 is 0 Å². The summed E-state index contributed by atoms with van der Waals surface area (Å²) in [5, 5.41) is 17.3. The third kappa shape index (κ3) is 4.02. The van der Waals surface area contributed by atoms with Crippen LogP contribution in [0.25, 0.3) is 6.08 Å². The van der Waals surface area contributed by atoms with E-state index in [4.69, 9.17) is 4.42 Å². The number of benzene rings is 1. The summed E-state index contributed by atoms with van der Waals surface area (Å²) >= 11 is 0. The Hall–Kier alpha value is -3.72. The van der Waals surface area contributed by atoms with Crippen LogP contribution in [0.5, 0.6) is 0 Å². The van der Waals surface area contributed by atoms with Crippen LogP contribution in [-0.2, 0) is 6.54 Å². The number of ketones is 1. The molecule has 0 aliphatic rings. The average Bonchev–Trinajstić information content (AvgIpc) is 3.28. The van der Waals surface area contributed by atoms with Gasteiger partial charge in [-0.05, 0) is 30.7 Å². The topological polar surface area (TPSA) is 84.7 Å². The number of nitriles is 1. The van der Waals surface area contributed by atoms with E-state index in [1.165, 1.54) is 12.3 Å². The number of rotatable bonds is 6. The lowest BCUT2D eigenvalue weighted by Crippen LogP contribution is -2.01. The van der Waals surface area contributed by atoms with Crippen molar-refractivity contribution in [2.45, 2.75) is 13.5 Å². The van der Waals surface area contributed by atoms with Crippen molar-refractivity contribution in [1.82, 2.24) is 15.0 Å². The minimum absolute atomic E-state index is 0.0300. The molecule has 0 aliphatic heterocycles. The van der Waals surface area contributed by atoms with Crippen molar-refractivity contribution >= 4 is 11.9 Å². The normalized spacial score (nSPS) is 11.6. The summed E-state index contributed by atoms with van der Waals surface area (Å²) in [6, 6.07) is 13.4. The van der Waals surface area contributed by atoms with Gasteiger partial charge in [-0.2, -0.15) is 5.26 Å². The second-order valence-corrected chi connectivity index (χ2v) is 5.60. The molecule has 0 N–H and O–H groups in total. The number of nitrogens with zero attached hydrogens (tertiary/aromatic N) is 4. The lowest BCUT2D eigenvalue weighted by atomic mass is 10.0. The quantitative estimate of drug-likeness (QED) is 0.295. The Bertz CT molecular complexity index is 1000. The molecule has 0 atom stereocenters. The number of Topliss-reactive ketones (excluding diaryl/α,β-unsaturated/α-hetero) is 1. The summed E-state index contributed by atoms with van der Waals surface area (Å²) in [5.41, 5.74) is 2.18. The van der Waals surface area contributed by atoms with Crippen molar-refractivity contribution < 1.29 is 9.21 Å². The van der Waals surface area contributed by atoms with Gasteiger partial charge in [0.05, 0.1) is 24.6 Å². The van der Waals surface area contributed by atoms with Gasteiger partial charge in [0.2, 0.25) is 5.78 Å². The van der Waals surface area contributed by atoms with Gasteiger partial charge >= 0.3 is 0 Å². The molecule has 0 amide bonds. The van der Waals surface area contributed by atoms with Crippen molar-refractivity contribution in [3.8, 4) is 6.07 Å². The third-order valence-electron chi connectivity index (χ3n) is 3.74. The van der Waals surface area contributed by atoms with Gasteiger partial charge in [0.25, 0.3) is 0 Å². The highest BCUT2D eigenvalue weighted by Gasteiger charge is 2.15. The maximum atomic E-state index is 12.3. The highest BCUT2D eigenvalue weighted by Crippen LogP contribution is 2.14. The molecule has 0 bridgehead atoms. The molecule has 2 aromatic heterocycles. The number of carbonyl (C=O) groups is 1. The van der Waals surface area contributed by atoms with Crippen LogP contribution in [0.15, 0.2) is 71.0 Å². The molecule has 0 aliphatic carbocycles. The van der Waals surface area contributed by atoms with Crippen LogP contribution in [-0.4, -0.2) is 20.8 Å². The van der Waals surface area contributed by atoms with E-state index >= 15 is 0 Å². The molecular formula is C20H16N4O2. The first-order chi connectivity index (χ1) is 12.7. The Morgan fingerprint density at radius 2 is 2.12 bits per heavy atom. The lowest BCUT2D eigenvalue weighted by Gasteiger charge is -1.98. The Morgan fingerprint density at radius 3 is 2.81 bits per heavy atom. The van der Waals surface area contributed by atoms with Gasteiger partial charge in [-0.15, -0.1) is 5.10 Å². The molecule has 26 heavy (non-hydrogen) atoms. The van der Waals surface area contributed by atoms with Crippen LogP contribution < -0.4 is 0 Å². The van der Waals surface area contributed by atoms with E-state index in [0.29, 0.717) is 23.6 Å². The van der Waals surface area contributed by atoms with Crippen molar-refractivity contribution in [3.63, 3.8) is 0 Å². The van der Waals surface area contributed by atoms with Crippen LogP contribution in [0.3, 0.4) is 0 Å². The molecule has 0 spiro atoms. The van der Waals surface area contributed by atoms with Gasteiger partial charge < -0.3 is 4.42 Å². The second-order valence-electron chi connectivity index (χ2n) is 5.60. The predicted octanol–water partition coefficient (Wildman–Crippen LogP) is 3.57. The molecule has 6 heteroatoms. The van der Waals surface area contributed by atoms with Crippen LogP contribution in [0.4, 0.5) is 0 Å². The van der Waals surface area contributed by atoms with Crippen LogP contribution >= 0.6 is 0 Å². The zero-order chi connectivity index (χ0) is 18.4. The molecule has 128 valence electrons. The van der Waals surface area contributed by atoms with E-state index in [1.807, 2.05) is 36.4 Å². The molecule has 6 nitrogen and oxygen atoms in total. The fourth-order valence-corrected chi connectivity index (χ4v) is 2.41. The summed E-state index contributed by atoms with van der Waals surface area (Å²) in [4.78, 5) is 12.3. The predicted molar refractivity (Wildman–Crippen MR) is 96.1 cm³/mol. The molecule has 0 fully saturated rings. The zero-order valence-electron chi connectivity index (χ0n) is 14.2. The first-order valence-corrected chi connectivity index (χ1v) is 7.98. The molecule has 0 unspecified atom stereocenters. The Balaban J connectivity index is 1.69. The average molecular weight is 344 g/mol. The van der Waals surface area contributed by atoms with Gasteiger partial charge in [0, 0.05) is 0 Å². The standard InChI is InChI=1S/C20H16N4O2/c1-15-19(10-11-26-15)20(25)17(12-21)8-5-9-18-14-24(23-22-18)13-16-6-3-2-4-7-16/h2-11,14H,13H2,1H3/b9-5+,17-8+. The number of hydrogen-bond acceptors (Lipinski definition) is 5. The van der Waals surface area contributed by atoms with Gasteiger partial charge in [-0.25, -0.2) is 4.68 Å². The van der Waals surface area contributed by atoms with E-state index in [9.17, 15) is 10.1 Å². The SMILES string of the molecule is Cc1occc1C(=O)/C(C#N)=C/C=C/c1cn(Cc2ccccc2)nn1. The minimum Gasteiger partial charge on any atom is -0.469 e. The number of allylic oxidation sites excluding steroid dienone is 3. The number of aryl methyl sites for hydroxylation is 1. The Morgan fingerprint density at radius 1 is 1.31 bits per heavy atom. The zero-order valence-corrected chi connectivity index (χ0v) is 14.2. The first-order valence-electron chi connectivity index (χ1n) is 7.98. The number of furan rings is 1. The highest BCUT2D eigenvalue weighted by atomic mass is 16.3. The van der Waals surface area contributed by atoms with Crippen molar-refractivity contribution in [1.29, 1.82) is 5.26 Å². The summed E-state index contributed by atoms with van der Waals surface area (Å²) in [6.07, 6.45) is 8.00. The highest BCUT2D eigenvalue weighted by molar-refractivity contribution is 6.12. The van der Waals surface area contributed by atoms with Crippen LogP contribution in [0.2, 0.25) is 0 Å². The molecule has 2 heterocycles. The number of aromatic nitrogens is 3. The van der Waals surface area contributed by atoms with Crippen molar-refractivity contribution in [3.05, 3.63) is 89.2 Å². The van der Waals surface area contributed by atoms with E-state index in [2.05, 4.69) is 10.3 Å². The van der Waals surface area contributed by atoms with Gasteiger partial charge in [-0.3, -0.25) is 4.79 Å². The summed E-state index contributed by atoms with van der Waals surface area (Å²) < 4.78 is 6.84. The molecule has 0 saturated heterocycles. The van der Waals surface area contributed by atoms with E-state index in [0.717, 1.165) is 5.56 Å². The van der Waals surface area contributed by atoms with Gasteiger partial charge in [0.15, 0.2) is 0 Å². The van der Waals surface area contributed by atoms with Gasteiger partial charge in [0.1, 0.15) is 23.1 Å². The third-order valence-corrected chi connectivity index (χ3v) is 3.74. The molecule has 0 saturated carbocycles. The Labute approximate surface area is 150 Å². The van der Waals surface area contributed by atoms with Gasteiger partial charge in [-0.1, -0.05) is 41.6 Å². The lowest BCUT2D eigenvalue weighted by molar-refractivity contribution is 0.103. The van der Waals surface area contributed by atoms with E-state index in [1.54, 1.807) is 36.0 Å². The number of carbonyl (C=O) groups excluding carboxylic acids is 1. The second kappa shape index (κ2) is 7.90. The molecule has 1 aromatic carbocycles. The first kappa shape index (κ1) is 17.1. The van der Waals surface area contributed by atoms with Crippen molar-refractivity contribution in [2.24, 2.45) is 0 Å². The van der Waals surface area contributed by atoms with Crippen molar-refractivity contribution in [2.75, 3.05) is 0 Å².